The van der Waals surface area contributed by atoms with Crippen molar-refractivity contribution in [1.82, 2.24) is 4.98 Å². The lowest BCUT2D eigenvalue weighted by molar-refractivity contribution is -0.116. The number of ether oxygens (including phenoxy) is 4. The van der Waals surface area contributed by atoms with Crippen LogP contribution in [-0.4, -0.2) is 45.3 Å². The fourth-order valence-electron chi connectivity index (χ4n) is 3.51. The van der Waals surface area contributed by atoms with Crippen molar-refractivity contribution in [2.75, 3.05) is 33.8 Å². The van der Waals surface area contributed by atoms with E-state index >= 15 is 0 Å². The van der Waals surface area contributed by atoms with Crippen LogP contribution < -0.4 is 19.5 Å². The third kappa shape index (κ3) is 6.60. The number of hydrogen-bond acceptors (Lipinski definition) is 7. The lowest BCUT2D eigenvalue weighted by atomic mass is 9.90. The van der Waals surface area contributed by atoms with Crippen molar-refractivity contribution in [2.45, 2.75) is 44.9 Å². The lowest BCUT2D eigenvalue weighted by Crippen LogP contribution is -2.17. The number of aromatic nitrogens is 1. The highest BCUT2D eigenvalue weighted by molar-refractivity contribution is 5.96. The van der Waals surface area contributed by atoms with Gasteiger partial charge in [0.05, 0.1) is 39.7 Å². The number of carbonyl (C=O) groups is 2. The number of hydrogen-bond donors (Lipinski definition) is 1. The Morgan fingerprint density at radius 1 is 1.00 bits per heavy atom. The molecular weight excluding hydrogens is 412 g/mol. The van der Waals surface area contributed by atoms with Gasteiger partial charge in [0, 0.05) is 18.1 Å². The highest BCUT2D eigenvalue weighted by Crippen LogP contribution is 2.34. The van der Waals surface area contributed by atoms with Crippen LogP contribution in [0.25, 0.3) is 0 Å². The first kappa shape index (κ1) is 25.0. The van der Waals surface area contributed by atoms with E-state index in [1.807, 2.05) is 6.07 Å². The summed E-state index contributed by atoms with van der Waals surface area (Å²) < 4.78 is 20.8. The van der Waals surface area contributed by atoms with Crippen molar-refractivity contribution < 1.29 is 28.5 Å². The normalized spacial score (nSPS) is 11.4. The summed E-state index contributed by atoms with van der Waals surface area (Å²) in [6, 6.07) is 8.42. The Bertz CT molecular complexity index is 915. The van der Waals surface area contributed by atoms with Gasteiger partial charge in [-0.1, -0.05) is 26.2 Å². The standard InChI is InChI=1S/C24H32N2O6/c1-6-7-8-9-16(18-11-13-22(30-3)26-23(18)31-4)15-21(27)25-19-14-17(24(28)32-5)10-12-20(19)29-2/h10-14,16H,6-9,15H2,1-5H3,(H,25,27). The summed E-state index contributed by atoms with van der Waals surface area (Å²) in [4.78, 5) is 29.2. The number of nitrogens with one attached hydrogen (secondary N) is 1. The van der Waals surface area contributed by atoms with Crippen molar-refractivity contribution in [3.05, 3.63) is 41.5 Å². The van der Waals surface area contributed by atoms with Crippen LogP contribution in [0.15, 0.2) is 30.3 Å². The predicted molar refractivity (Wildman–Crippen MR) is 122 cm³/mol. The number of amides is 1. The molecule has 0 bridgehead atoms. The second-order valence-electron chi connectivity index (χ2n) is 7.30. The number of nitrogens with zero attached hydrogens (tertiary/aromatic N) is 1. The summed E-state index contributed by atoms with van der Waals surface area (Å²) in [6.07, 6.45) is 4.16. The fraction of sp³-hybridized carbons (Fsp3) is 0.458. The van der Waals surface area contributed by atoms with E-state index in [-0.39, 0.29) is 18.2 Å². The zero-order valence-corrected chi connectivity index (χ0v) is 19.4. The topological polar surface area (TPSA) is 96.0 Å². The molecule has 1 atom stereocenters. The fourth-order valence-corrected chi connectivity index (χ4v) is 3.51. The minimum Gasteiger partial charge on any atom is -0.495 e. The number of carbonyl (C=O) groups excluding carboxylic acids is 2. The second-order valence-corrected chi connectivity index (χ2v) is 7.30. The quantitative estimate of drug-likeness (QED) is 0.378. The van der Waals surface area contributed by atoms with Gasteiger partial charge >= 0.3 is 5.97 Å². The average molecular weight is 445 g/mol. The van der Waals surface area contributed by atoms with Crippen molar-refractivity contribution in [1.29, 1.82) is 0 Å². The number of esters is 1. The van der Waals surface area contributed by atoms with Gasteiger partial charge in [-0.3, -0.25) is 4.79 Å². The number of pyridine rings is 1. The van der Waals surface area contributed by atoms with E-state index in [9.17, 15) is 9.59 Å². The molecule has 0 aliphatic carbocycles. The highest BCUT2D eigenvalue weighted by Gasteiger charge is 2.22. The molecule has 1 amide bonds. The van der Waals surface area contributed by atoms with Crippen LogP contribution >= 0.6 is 0 Å². The third-order valence-electron chi connectivity index (χ3n) is 5.19. The van der Waals surface area contributed by atoms with Gasteiger partial charge < -0.3 is 24.3 Å². The molecule has 0 saturated heterocycles. The van der Waals surface area contributed by atoms with Gasteiger partial charge in [0.1, 0.15) is 5.75 Å². The Morgan fingerprint density at radius 3 is 2.41 bits per heavy atom. The summed E-state index contributed by atoms with van der Waals surface area (Å²) in [6.45, 7) is 2.14. The van der Waals surface area contributed by atoms with Gasteiger partial charge in [-0.25, -0.2) is 4.79 Å². The van der Waals surface area contributed by atoms with Gasteiger partial charge in [0.2, 0.25) is 17.7 Å². The van der Waals surface area contributed by atoms with Crippen molar-refractivity contribution in [3.63, 3.8) is 0 Å². The molecule has 2 rings (SSSR count). The summed E-state index contributed by atoms with van der Waals surface area (Å²) >= 11 is 0. The van der Waals surface area contributed by atoms with Crippen LogP contribution in [0.3, 0.4) is 0 Å². The molecule has 1 N–H and O–H groups in total. The van der Waals surface area contributed by atoms with E-state index in [1.54, 1.807) is 38.5 Å². The van der Waals surface area contributed by atoms with Crippen LogP contribution in [0, 0.1) is 0 Å². The van der Waals surface area contributed by atoms with Crippen LogP contribution in [0.1, 0.15) is 60.9 Å². The Kier molecular flexibility index (Phi) is 9.78. The number of anilines is 1. The van der Waals surface area contributed by atoms with Crippen molar-refractivity contribution >= 4 is 17.6 Å². The van der Waals surface area contributed by atoms with Crippen LogP contribution in [0.4, 0.5) is 5.69 Å². The van der Waals surface area contributed by atoms with Crippen molar-refractivity contribution in [3.8, 4) is 17.5 Å². The molecule has 174 valence electrons. The number of unbranched alkanes of at least 4 members (excludes halogenated alkanes) is 2. The first-order valence-corrected chi connectivity index (χ1v) is 10.6. The van der Waals surface area contributed by atoms with E-state index in [0.717, 1.165) is 31.2 Å². The summed E-state index contributed by atoms with van der Waals surface area (Å²) in [5, 5.41) is 2.87. The molecule has 2 aromatic rings. The second kappa shape index (κ2) is 12.5. The first-order chi connectivity index (χ1) is 15.5. The molecule has 32 heavy (non-hydrogen) atoms. The van der Waals surface area contributed by atoms with E-state index in [0.29, 0.717) is 28.8 Å². The van der Waals surface area contributed by atoms with E-state index < -0.39 is 5.97 Å². The lowest BCUT2D eigenvalue weighted by Gasteiger charge is -2.20. The number of benzene rings is 1. The van der Waals surface area contributed by atoms with Crippen molar-refractivity contribution in [2.24, 2.45) is 0 Å². The van der Waals surface area contributed by atoms with Gasteiger partial charge in [0.25, 0.3) is 0 Å². The molecule has 8 heteroatoms. The molecular formula is C24H32N2O6. The molecule has 0 saturated carbocycles. The number of methoxy groups -OCH3 is 4. The Balaban J connectivity index is 2.27. The first-order valence-electron chi connectivity index (χ1n) is 10.6. The maximum absolute atomic E-state index is 13.0. The molecule has 8 nitrogen and oxygen atoms in total. The molecule has 0 aliphatic rings. The molecule has 1 unspecified atom stereocenters. The SMILES string of the molecule is CCCCCC(CC(=O)Nc1cc(C(=O)OC)ccc1OC)c1ccc(OC)nc1OC. The number of rotatable bonds is 12. The third-order valence-corrected chi connectivity index (χ3v) is 5.19. The van der Waals surface area contributed by atoms with E-state index in [4.69, 9.17) is 18.9 Å². The van der Waals surface area contributed by atoms with E-state index in [2.05, 4.69) is 17.2 Å². The summed E-state index contributed by atoms with van der Waals surface area (Å²) in [5.74, 6) is 0.567. The zero-order valence-electron chi connectivity index (χ0n) is 19.4. The molecule has 0 spiro atoms. The molecule has 0 fully saturated rings. The molecule has 0 radical (unpaired) electrons. The maximum atomic E-state index is 13.0. The minimum absolute atomic E-state index is 0.0929. The summed E-state index contributed by atoms with van der Waals surface area (Å²) in [7, 11) is 5.91. The molecule has 1 heterocycles. The van der Waals surface area contributed by atoms with Gasteiger partial charge in [0.15, 0.2) is 0 Å². The van der Waals surface area contributed by atoms with E-state index in [1.165, 1.54) is 14.2 Å². The van der Waals surface area contributed by atoms with Crippen LogP contribution in [0.5, 0.6) is 17.5 Å². The van der Waals surface area contributed by atoms with Gasteiger partial charge in [-0.05, 0) is 36.6 Å². The Labute approximate surface area is 189 Å². The molecule has 1 aromatic carbocycles. The van der Waals surface area contributed by atoms with Gasteiger partial charge in [-0.2, -0.15) is 4.98 Å². The highest BCUT2D eigenvalue weighted by atomic mass is 16.5. The maximum Gasteiger partial charge on any atom is 0.337 e. The molecule has 0 aliphatic heterocycles. The van der Waals surface area contributed by atoms with Crippen LogP contribution in [0.2, 0.25) is 0 Å². The smallest absolute Gasteiger partial charge is 0.337 e. The average Bonchev–Trinajstić information content (AvgIpc) is 2.82. The Morgan fingerprint density at radius 2 is 1.78 bits per heavy atom. The minimum atomic E-state index is -0.491. The van der Waals surface area contributed by atoms with Gasteiger partial charge in [-0.15, -0.1) is 0 Å². The zero-order chi connectivity index (χ0) is 23.5. The Hall–Kier alpha value is -3.29. The predicted octanol–water partition coefficient (Wildman–Crippen LogP) is 4.59. The monoisotopic (exact) mass is 444 g/mol. The molecule has 1 aromatic heterocycles. The summed E-state index contributed by atoms with van der Waals surface area (Å²) in [5.41, 5.74) is 1.59. The van der Waals surface area contributed by atoms with Crippen LogP contribution in [-0.2, 0) is 9.53 Å². The largest absolute Gasteiger partial charge is 0.495 e.